The Kier molecular flexibility index (Phi) is 19.3. The first kappa shape index (κ1) is 45.0. The average Bonchev–Trinajstić information content (AvgIpc) is 3.59. The number of benzene rings is 1. The van der Waals surface area contributed by atoms with E-state index in [1.807, 2.05) is 13.1 Å². The van der Waals surface area contributed by atoms with Gasteiger partial charge in [-0.2, -0.15) is 0 Å². The summed E-state index contributed by atoms with van der Waals surface area (Å²) in [4.78, 5) is 15.7. The average molecular weight is 781 g/mol. The van der Waals surface area contributed by atoms with Crippen molar-refractivity contribution in [2.45, 2.75) is 164 Å². The Balaban J connectivity index is 1.14. The van der Waals surface area contributed by atoms with E-state index in [4.69, 9.17) is 18.9 Å². The van der Waals surface area contributed by atoms with Gasteiger partial charge in [-0.1, -0.05) is 51.2 Å². The van der Waals surface area contributed by atoms with E-state index in [0.29, 0.717) is 25.1 Å². The summed E-state index contributed by atoms with van der Waals surface area (Å²) in [6, 6.07) is 5.18. The summed E-state index contributed by atoms with van der Waals surface area (Å²) in [5.74, 6) is 0.329. The maximum atomic E-state index is 12.5. The first-order valence-corrected chi connectivity index (χ1v) is 20.0. The van der Waals surface area contributed by atoms with Gasteiger partial charge in [0.1, 0.15) is 54.6 Å². The number of H-pyrrole nitrogens is 1. The van der Waals surface area contributed by atoms with Crippen LogP contribution in [0.15, 0.2) is 36.5 Å². The van der Waals surface area contributed by atoms with Crippen LogP contribution in [0, 0.1) is 0 Å². The van der Waals surface area contributed by atoms with E-state index >= 15 is 0 Å². The van der Waals surface area contributed by atoms with Crippen LogP contribution in [0.3, 0.4) is 0 Å². The summed E-state index contributed by atoms with van der Waals surface area (Å²) < 4.78 is 22.5. The number of ether oxygens (including phenoxy) is 4. The monoisotopic (exact) mass is 780 g/mol. The van der Waals surface area contributed by atoms with Crippen LogP contribution >= 0.6 is 0 Å². The lowest BCUT2D eigenvalue weighted by Crippen LogP contribution is -2.62. The number of rotatable bonds is 24. The molecule has 2 aromatic rings. The molecule has 15 nitrogen and oxygen atoms in total. The number of carbonyl (C=O) groups is 1. The second-order valence-electron chi connectivity index (χ2n) is 14.8. The lowest BCUT2D eigenvalue weighted by molar-refractivity contribution is -0.323. The molecule has 1 amide bonds. The molecule has 2 saturated heterocycles. The van der Waals surface area contributed by atoms with Gasteiger partial charge < -0.3 is 70.1 Å². The van der Waals surface area contributed by atoms with Crippen molar-refractivity contribution in [3.05, 3.63) is 42.1 Å². The van der Waals surface area contributed by atoms with Gasteiger partial charge in [-0.3, -0.25) is 4.79 Å². The Hall–Kier alpha value is -2.67. The Morgan fingerprint density at radius 3 is 2.18 bits per heavy atom. The minimum Gasteiger partial charge on any atom is -0.462 e. The molecule has 4 rings (SSSR count). The molecule has 15 heteroatoms. The van der Waals surface area contributed by atoms with Gasteiger partial charge in [-0.15, -0.1) is 0 Å². The fourth-order valence-corrected chi connectivity index (χ4v) is 6.88. The Morgan fingerprint density at radius 2 is 1.47 bits per heavy atom. The summed E-state index contributed by atoms with van der Waals surface area (Å²) in [5.41, 5.74) is 1.77. The third kappa shape index (κ3) is 13.7. The van der Waals surface area contributed by atoms with Crippen molar-refractivity contribution < 1.29 is 64.6 Å². The minimum atomic E-state index is -1.68. The van der Waals surface area contributed by atoms with Gasteiger partial charge in [0.2, 0.25) is 12.2 Å². The van der Waals surface area contributed by atoms with E-state index in [0.717, 1.165) is 80.7 Å². The highest BCUT2D eigenvalue weighted by molar-refractivity contribution is 5.84. The van der Waals surface area contributed by atoms with Crippen LogP contribution in [0.1, 0.15) is 96.0 Å². The Morgan fingerprint density at radius 1 is 0.836 bits per heavy atom. The van der Waals surface area contributed by atoms with Crippen LogP contribution in [0.2, 0.25) is 0 Å². The van der Waals surface area contributed by atoms with Gasteiger partial charge in [-0.25, -0.2) is 0 Å². The van der Waals surface area contributed by atoms with Crippen molar-refractivity contribution in [2.24, 2.45) is 0 Å². The molecule has 0 spiro atoms. The highest BCUT2D eigenvalue weighted by Gasteiger charge is 2.48. The number of aromatic amines is 1. The molecule has 1 aromatic carbocycles. The number of amides is 1. The number of aliphatic hydroxyl groups excluding tert-OH is 8. The summed E-state index contributed by atoms with van der Waals surface area (Å²) in [7, 11) is 0. The zero-order chi connectivity index (χ0) is 39.7. The van der Waals surface area contributed by atoms with Gasteiger partial charge in [0, 0.05) is 30.1 Å². The molecular formula is C40H64N2O13. The number of unbranched alkanes of at least 4 members (excludes halogenated alkanes) is 8. The number of aliphatic hydroxyl groups is 8. The molecule has 1 aromatic heterocycles. The molecule has 2 aliphatic rings. The first-order chi connectivity index (χ1) is 26.5. The second kappa shape index (κ2) is 23.5. The number of fused-ring (bicyclic) bond motifs is 1. The Labute approximate surface area is 323 Å². The minimum absolute atomic E-state index is 0.0188. The molecule has 2 fully saturated rings. The number of carbonyl (C=O) groups excluding carboxylic acids is 1. The van der Waals surface area contributed by atoms with Crippen LogP contribution in [-0.2, 0) is 25.4 Å². The molecule has 3 heterocycles. The van der Waals surface area contributed by atoms with Crippen LogP contribution < -0.4 is 10.1 Å². The normalized spacial score (nSPS) is 29.2. The highest BCUT2D eigenvalue weighted by Crippen LogP contribution is 2.29. The molecule has 312 valence electrons. The maximum absolute atomic E-state index is 12.5. The van der Waals surface area contributed by atoms with Crippen LogP contribution in [0.4, 0.5) is 0 Å². The number of allylic oxidation sites excluding steroid dienone is 2. The molecule has 0 aliphatic carbocycles. The standard InChI is InChI=1S/C40H64N2O13/c1-2-26(44)15-13-11-9-7-5-3-4-6-8-10-12-14-16-32(45)41-20-19-25-22-42-29-18-17-27(21-28(25)29)53-40-38(51)36(49)34(47)31(55-40)24-52-39-37(50)35(48)33(46)30(23-43)54-39/h3,5,17-18,21-22,26,30-31,33-40,42-44,46-51H,2,4,6-16,19-20,23-24H2,1H3,(H,41,45)/b5-3-/t26?,30-,31-,33-,34-,35+,36+,37-,38-,39?,40-/m1/s1. The van der Waals surface area contributed by atoms with Crippen molar-refractivity contribution in [3.63, 3.8) is 0 Å². The number of hydrogen-bond acceptors (Lipinski definition) is 13. The highest BCUT2D eigenvalue weighted by atomic mass is 16.7. The summed E-state index contributed by atoms with van der Waals surface area (Å²) >= 11 is 0. The molecule has 10 N–H and O–H groups in total. The predicted octanol–water partition coefficient (Wildman–Crippen LogP) is 1.84. The van der Waals surface area contributed by atoms with E-state index in [1.165, 1.54) is 12.8 Å². The number of hydrogen-bond donors (Lipinski definition) is 10. The van der Waals surface area contributed by atoms with Crippen LogP contribution in [0.5, 0.6) is 5.75 Å². The van der Waals surface area contributed by atoms with Gasteiger partial charge in [-0.05, 0) is 75.1 Å². The van der Waals surface area contributed by atoms with Crippen molar-refractivity contribution in [3.8, 4) is 5.75 Å². The lowest BCUT2D eigenvalue weighted by atomic mass is 9.98. The smallest absolute Gasteiger partial charge is 0.229 e. The van der Waals surface area contributed by atoms with E-state index < -0.39 is 74.6 Å². The Bertz CT molecular complexity index is 1420. The van der Waals surface area contributed by atoms with Crippen LogP contribution in [-0.4, -0.2) is 139 Å². The topological polar surface area (TPSA) is 244 Å². The quantitative estimate of drug-likeness (QED) is 0.0541. The second-order valence-corrected chi connectivity index (χ2v) is 14.8. The van der Waals surface area contributed by atoms with Gasteiger partial charge in [0.15, 0.2) is 6.29 Å². The molecule has 11 atom stereocenters. The van der Waals surface area contributed by atoms with E-state index in [2.05, 4.69) is 22.5 Å². The third-order valence-corrected chi connectivity index (χ3v) is 10.5. The van der Waals surface area contributed by atoms with Crippen molar-refractivity contribution >= 4 is 16.8 Å². The van der Waals surface area contributed by atoms with Gasteiger partial charge >= 0.3 is 0 Å². The lowest BCUT2D eigenvalue weighted by Gasteiger charge is -2.42. The zero-order valence-corrected chi connectivity index (χ0v) is 32.0. The van der Waals surface area contributed by atoms with E-state index in [9.17, 15) is 45.6 Å². The SMILES string of the molecule is CCC(O)CCCCC/C=C\CCCCCCCC(=O)NCCc1c[nH]c2ccc(O[C@@H]3O[C@H](COC4O[C@H](CO)[C@@H](O)[C@H](O)[C@H]4O)[C@@H](O)[C@H](O)[C@H]3O)cc12. The molecule has 2 aliphatic heterocycles. The van der Waals surface area contributed by atoms with Gasteiger partial charge in [0.25, 0.3) is 0 Å². The molecular weight excluding hydrogens is 716 g/mol. The summed E-state index contributed by atoms with van der Waals surface area (Å²) in [6.07, 6.45) is 4.80. The van der Waals surface area contributed by atoms with Gasteiger partial charge in [0.05, 0.1) is 19.3 Å². The summed E-state index contributed by atoms with van der Waals surface area (Å²) in [6.45, 7) is 1.35. The molecule has 0 bridgehead atoms. The third-order valence-electron chi connectivity index (χ3n) is 10.5. The maximum Gasteiger partial charge on any atom is 0.229 e. The van der Waals surface area contributed by atoms with Crippen LogP contribution in [0.25, 0.3) is 10.9 Å². The molecule has 0 radical (unpaired) electrons. The van der Waals surface area contributed by atoms with Crippen molar-refractivity contribution in [2.75, 3.05) is 19.8 Å². The van der Waals surface area contributed by atoms with E-state index in [1.54, 1.807) is 18.2 Å². The number of nitrogens with one attached hydrogen (secondary N) is 2. The van der Waals surface area contributed by atoms with E-state index in [-0.39, 0.29) is 12.0 Å². The molecule has 2 unspecified atom stereocenters. The summed E-state index contributed by atoms with van der Waals surface area (Å²) in [5, 5.41) is 84.9. The molecule has 55 heavy (non-hydrogen) atoms. The zero-order valence-electron chi connectivity index (χ0n) is 32.0. The first-order valence-electron chi connectivity index (χ1n) is 20.0. The predicted molar refractivity (Wildman–Crippen MR) is 203 cm³/mol. The fraction of sp³-hybridized carbons (Fsp3) is 0.725. The fourth-order valence-electron chi connectivity index (χ4n) is 6.88. The molecule has 0 saturated carbocycles. The number of aromatic nitrogens is 1. The van der Waals surface area contributed by atoms with Crippen molar-refractivity contribution in [1.82, 2.24) is 10.3 Å². The largest absolute Gasteiger partial charge is 0.462 e. The van der Waals surface area contributed by atoms with Crippen molar-refractivity contribution in [1.29, 1.82) is 0 Å².